The fraction of sp³-hybridized carbons (Fsp3) is 0.560. The predicted molar refractivity (Wildman–Crippen MR) is 126 cm³/mol. The number of pyridine rings is 1. The Morgan fingerprint density at radius 3 is 2.78 bits per heavy atom. The van der Waals surface area contributed by atoms with E-state index >= 15 is 0 Å². The maximum Gasteiger partial charge on any atom is 0.264 e. The monoisotopic (exact) mass is 455 g/mol. The van der Waals surface area contributed by atoms with Crippen LogP contribution in [0.1, 0.15) is 76.0 Å². The second-order valence-electron chi connectivity index (χ2n) is 9.56. The van der Waals surface area contributed by atoms with E-state index < -0.39 is 0 Å². The Kier molecular flexibility index (Phi) is 5.97. The number of rotatable bonds is 4. The van der Waals surface area contributed by atoms with E-state index in [1.807, 2.05) is 22.8 Å². The standard InChI is InChI=1S/C25H30ClN3O3/c1-15-22-24(28-32-15)23-19(26)11-6-12-20(23)29(25(22)31)18-10-5-7-16(13-18)14-21(30)27-17-8-3-2-4-9-17/h6,11-12,16-18H,2-5,7-10,13-14H2,1H3,(H,27,30). The zero-order valence-corrected chi connectivity index (χ0v) is 19.3. The number of fused-ring (bicyclic) bond motifs is 3. The van der Waals surface area contributed by atoms with Crippen molar-refractivity contribution in [1.82, 2.24) is 15.0 Å². The quantitative estimate of drug-likeness (QED) is 0.549. The van der Waals surface area contributed by atoms with Crippen LogP contribution in [0.5, 0.6) is 0 Å². The van der Waals surface area contributed by atoms with Gasteiger partial charge >= 0.3 is 0 Å². The van der Waals surface area contributed by atoms with Crippen molar-refractivity contribution < 1.29 is 9.32 Å². The minimum Gasteiger partial charge on any atom is -0.360 e. The second-order valence-corrected chi connectivity index (χ2v) is 9.97. The molecule has 2 unspecified atom stereocenters. The smallest absolute Gasteiger partial charge is 0.264 e. The number of hydrogen-bond acceptors (Lipinski definition) is 4. The van der Waals surface area contributed by atoms with Crippen molar-refractivity contribution in [2.45, 2.75) is 83.2 Å². The first kappa shape index (κ1) is 21.5. The van der Waals surface area contributed by atoms with Crippen LogP contribution in [0.3, 0.4) is 0 Å². The van der Waals surface area contributed by atoms with Crippen LogP contribution >= 0.6 is 11.6 Å². The van der Waals surface area contributed by atoms with Gasteiger partial charge in [0.1, 0.15) is 16.7 Å². The number of hydrogen-bond donors (Lipinski definition) is 1. The number of nitrogens with zero attached hydrogens (tertiary/aromatic N) is 2. The van der Waals surface area contributed by atoms with Gasteiger partial charge < -0.3 is 14.4 Å². The van der Waals surface area contributed by atoms with Gasteiger partial charge in [0.25, 0.3) is 5.56 Å². The lowest BCUT2D eigenvalue weighted by Gasteiger charge is -2.32. The van der Waals surface area contributed by atoms with Gasteiger partial charge in [0.2, 0.25) is 5.91 Å². The first-order valence-corrected chi connectivity index (χ1v) is 12.3. The molecular weight excluding hydrogens is 426 g/mol. The van der Waals surface area contributed by atoms with Crippen molar-refractivity contribution in [3.05, 3.63) is 39.3 Å². The number of carbonyl (C=O) groups is 1. The van der Waals surface area contributed by atoms with Gasteiger partial charge in [0, 0.05) is 23.9 Å². The van der Waals surface area contributed by atoms with E-state index in [1.54, 1.807) is 6.92 Å². The van der Waals surface area contributed by atoms with E-state index in [0.29, 0.717) is 34.1 Å². The van der Waals surface area contributed by atoms with Gasteiger partial charge in [-0.15, -0.1) is 0 Å². The van der Waals surface area contributed by atoms with E-state index in [-0.39, 0.29) is 23.4 Å². The van der Waals surface area contributed by atoms with Crippen LogP contribution < -0.4 is 10.9 Å². The Bertz CT molecular complexity index is 1210. The van der Waals surface area contributed by atoms with Gasteiger partial charge in [-0.2, -0.15) is 0 Å². The average molecular weight is 456 g/mol. The molecule has 2 fully saturated rings. The molecule has 2 atom stereocenters. The molecule has 7 heteroatoms. The molecule has 0 saturated heterocycles. The van der Waals surface area contributed by atoms with Crippen LogP contribution in [0.2, 0.25) is 5.02 Å². The Morgan fingerprint density at radius 2 is 1.97 bits per heavy atom. The number of nitrogens with one attached hydrogen (secondary N) is 1. The van der Waals surface area contributed by atoms with Crippen molar-refractivity contribution in [2.75, 3.05) is 0 Å². The largest absolute Gasteiger partial charge is 0.360 e. The molecule has 170 valence electrons. The Labute approximate surface area is 192 Å². The van der Waals surface area contributed by atoms with Crippen LogP contribution in [0.4, 0.5) is 0 Å². The molecule has 3 aromatic rings. The first-order valence-electron chi connectivity index (χ1n) is 11.9. The number of benzene rings is 1. The molecule has 0 aliphatic heterocycles. The predicted octanol–water partition coefficient (Wildman–Crippen LogP) is 5.67. The molecule has 2 aliphatic rings. The zero-order chi connectivity index (χ0) is 22.2. The molecule has 2 aliphatic carbocycles. The van der Waals surface area contributed by atoms with Crippen LogP contribution in [-0.2, 0) is 4.79 Å². The summed E-state index contributed by atoms with van der Waals surface area (Å²) in [6, 6.07) is 6.00. The molecule has 0 radical (unpaired) electrons. The Balaban J connectivity index is 1.44. The van der Waals surface area contributed by atoms with E-state index in [0.717, 1.165) is 49.4 Å². The lowest BCUT2D eigenvalue weighted by atomic mass is 9.83. The lowest BCUT2D eigenvalue weighted by Crippen LogP contribution is -2.38. The fourth-order valence-corrected chi connectivity index (χ4v) is 6.07. The molecule has 2 heterocycles. The molecule has 5 rings (SSSR count). The number of aryl methyl sites for hydroxylation is 1. The maximum absolute atomic E-state index is 13.6. The van der Waals surface area contributed by atoms with Crippen LogP contribution in [0.15, 0.2) is 27.5 Å². The molecule has 2 saturated carbocycles. The SMILES string of the molecule is Cc1onc2c1c(=O)n(C1CCCC(CC(=O)NC3CCCCC3)C1)c1cccc(Cl)c21. The van der Waals surface area contributed by atoms with Crippen LogP contribution in [0, 0.1) is 12.8 Å². The van der Waals surface area contributed by atoms with Gasteiger partial charge in [-0.05, 0) is 57.1 Å². The van der Waals surface area contributed by atoms with Gasteiger partial charge in [0.05, 0.1) is 10.5 Å². The molecular formula is C25H30ClN3O3. The van der Waals surface area contributed by atoms with Crippen LogP contribution in [0.25, 0.3) is 21.8 Å². The second kappa shape index (κ2) is 8.89. The van der Waals surface area contributed by atoms with Crippen molar-refractivity contribution in [3.63, 3.8) is 0 Å². The molecule has 0 bridgehead atoms. The number of amides is 1. The fourth-order valence-electron chi connectivity index (χ4n) is 5.81. The molecule has 2 aromatic heterocycles. The summed E-state index contributed by atoms with van der Waals surface area (Å²) >= 11 is 6.55. The molecule has 1 N–H and O–H groups in total. The third kappa shape index (κ3) is 3.94. The van der Waals surface area contributed by atoms with Crippen molar-refractivity contribution in [1.29, 1.82) is 0 Å². The number of carbonyl (C=O) groups excluding carboxylic acids is 1. The zero-order valence-electron chi connectivity index (χ0n) is 18.5. The van der Waals surface area contributed by atoms with Crippen LogP contribution in [-0.4, -0.2) is 21.7 Å². The van der Waals surface area contributed by atoms with E-state index in [1.165, 1.54) is 19.3 Å². The van der Waals surface area contributed by atoms with Crippen molar-refractivity contribution in [3.8, 4) is 0 Å². The molecule has 1 amide bonds. The summed E-state index contributed by atoms with van der Waals surface area (Å²) in [5, 5.41) is 9.22. The average Bonchev–Trinajstić information content (AvgIpc) is 3.16. The summed E-state index contributed by atoms with van der Waals surface area (Å²) in [6.45, 7) is 1.77. The third-order valence-corrected chi connectivity index (χ3v) is 7.66. The normalized spacial score (nSPS) is 22.4. The third-order valence-electron chi connectivity index (χ3n) is 7.35. The summed E-state index contributed by atoms with van der Waals surface area (Å²) in [4.78, 5) is 26.3. The van der Waals surface area contributed by atoms with Crippen molar-refractivity contribution >= 4 is 39.3 Å². The van der Waals surface area contributed by atoms with E-state index in [9.17, 15) is 9.59 Å². The highest BCUT2D eigenvalue weighted by Gasteiger charge is 2.29. The van der Waals surface area contributed by atoms with E-state index in [4.69, 9.17) is 16.1 Å². The summed E-state index contributed by atoms with van der Waals surface area (Å²) in [5.41, 5.74) is 1.25. The highest BCUT2D eigenvalue weighted by molar-refractivity contribution is 6.37. The minimum absolute atomic E-state index is 0.0309. The Morgan fingerprint density at radius 1 is 1.16 bits per heavy atom. The highest BCUT2D eigenvalue weighted by atomic mass is 35.5. The van der Waals surface area contributed by atoms with Crippen molar-refractivity contribution in [2.24, 2.45) is 5.92 Å². The summed E-state index contributed by atoms with van der Waals surface area (Å²) in [5.74, 6) is 0.950. The molecule has 0 spiro atoms. The van der Waals surface area contributed by atoms with Gasteiger partial charge in [0.15, 0.2) is 0 Å². The van der Waals surface area contributed by atoms with Gasteiger partial charge in [-0.25, -0.2) is 0 Å². The highest BCUT2D eigenvalue weighted by Crippen LogP contribution is 2.38. The summed E-state index contributed by atoms with van der Waals surface area (Å²) in [7, 11) is 0. The number of halogens is 1. The van der Waals surface area contributed by atoms with Gasteiger partial charge in [-0.3, -0.25) is 9.59 Å². The minimum atomic E-state index is -0.0779. The number of aromatic nitrogens is 2. The maximum atomic E-state index is 13.6. The Hall–Kier alpha value is -2.34. The molecule has 32 heavy (non-hydrogen) atoms. The topological polar surface area (TPSA) is 77.1 Å². The summed E-state index contributed by atoms with van der Waals surface area (Å²) in [6.07, 6.45) is 10.2. The summed E-state index contributed by atoms with van der Waals surface area (Å²) < 4.78 is 7.26. The molecule has 1 aromatic carbocycles. The lowest BCUT2D eigenvalue weighted by molar-refractivity contribution is -0.123. The first-order chi connectivity index (χ1) is 15.5. The van der Waals surface area contributed by atoms with E-state index in [2.05, 4.69) is 10.5 Å². The van der Waals surface area contributed by atoms with Gasteiger partial charge in [-0.1, -0.05) is 48.5 Å². The molecule has 6 nitrogen and oxygen atoms in total.